The molecular formula is C14H15ClN6S. The molecule has 0 aliphatic heterocycles. The molecule has 114 valence electrons. The van der Waals surface area contributed by atoms with Crippen LogP contribution in [0.15, 0.2) is 34.7 Å². The third kappa shape index (κ3) is 2.92. The van der Waals surface area contributed by atoms with Crippen LogP contribution in [-0.4, -0.2) is 31.3 Å². The van der Waals surface area contributed by atoms with E-state index in [-0.39, 0.29) is 0 Å². The van der Waals surface area contributed by atoms with Crippen LogP contribution in [0.25, 0.3) is 10.9 Å². The highest BCUT2D eigenvalue weighted by molar-refractivity contribution is 7.99. The number of benzene rings is 1. The summed E-state index contributed by atoms with van der Waals surface area (Å²) in [4.78, 5) is 8.62. The SMILES string of the molecule is CCn1c(CCN)nnc1Sc1ncnc2cc(Cl)ccc12. The molecule has 6 nitrogen and oxygen atoms in total. The van der Waals surface area contributed by atoms with E-state index >= 15 is 0 Å². The normalized spacial score (nSPS) is 11.2. The molecule has 1 aromatic carbocycles. The van der Waals surface area contributed by atoms with E-state index in [1.165, 1.54) is 18.1 Å². The molecule has 0 fully saturated rings. The summed E-state index contributed by atoms with van der Waals surface area (Å²) in [7, 11) is 0. The highest BCUT2D eigenvalue weighted by Crippen LogP contribution is 2.31. The first kappa shape index (κ1) is 15.2. The summed E-state index contributed by atoms with van der Waals surface area (Å²) >= 11 is 7.49. The van der Waals surface area contributed by atoms with Gasteiger partial charge in [-0.25, -0.2) is 9.97 Å². The molecular weight excluding hydrogens is 320 g/mol. The van der Waals surface area contributed by atoms with Crippen molar-refractivity contribution in [2.45, 2.75) is 30.1 Å². The number of rotatable bonds is 5. The van der Waals surface area contributed by atoms with E-state index in [1.54, 1.807) is 0 Å². The van der Waals surface area contributed by atoms with Crippen LogP contribution in [0.2, 0.25) is 5.02 Å². The predicted molar refractivity (Wildman–Crippen MR) is 87.1 cm³/mol. The molecule has 0 saturated heterocycles. The zero-order valence-electron chi connectivity index (χ0n) is 12.0. The quantitative estimate of drug-likeness (QED) is 0.722. The number of aromatic nitrogens is 5. The fourth-order valence-electron chi connectivity index (χ4n) is 2.20. The van der Waals surface area contributed by atoms with E-state index < -0.39 is 0 Å². The van der Waals surface area contributed by atoms with Crippen molar-refractivity contribution in [3.63, 3.8) is 0 Å². The highest BCUT2D eigenvalue weighted by Gasteiger charge is 2.14. The number of halogens is 1. The minimum atomic E-state index is 0.553. The van der Waals surface area contributed by atoms with E-state index in [9.17, 15) is 0 Å². The first-order valence-corrected chi connectivity index (χ1v) is 8.12. The number of nitrogens with two attached hydrogens (primary N) is 1. The second kappa shape index (κ2) is 6.60. The summed E-state index contributed by atoms with van der Waals surface area (Å²) in [6.45, 7) is 3.41. The van der Waals surface area contributed by atoms with Crippen LogP contribution >= 0.6 is 23.4 Å². The minimum Gasteiger partial charge on any atom is -0.330 e. The number of nitrogens with zero attached hydrogens (tertiary/aromatic N) is 5. The van der Waals surface area contributed by atoms with Crippen molar-refractivity contribution in [2.75, 3.05) is 6.54 Å². The average molecular weight is 335 g/mol. The Labute approximate surface area is 137 Å². The minimum absolute atomic E-state index is 0.553. The lowest BCUT2D eigenvalue weighted by Gasteiger charge is -2.07. The van der Waals surface area contributed by atoms with Gasteiger partial charge in [0.15, 0.2) is 5.16 Å². The molecule has 0 saturated carbocycles. The first-order valence-electron chi connectivity index (χ1n) is 6.93. The maximum absolute atomic E-state index is 6.01. The lowest BCUT2D eigenvalue weighted by Crippen LogP contribution is -2.09. The number of hydrogen-bond donors (Lipinski definition) is 1. The zero-order valence-corrected chi connectivity index (χ0v) is 13.6. The van der Waals surface area contributed by atoms with Crippen molar-refractivity contribution in [1.82, 2.24) is 24.7 Å². The van der Waals surface area contributed by atoms with E-state index in [2.05, 4.69) is 31.7 Å². The molecule has 0 aliphatic rings. The number of fused-ring (bicyclic) bond motifs is 1. The Kier molecular flexibility index (Phi) is 4.56. The molecule has 2 aromatic heterocycles. The summed E-state index contributed by atoms with van der Waals surface area (Å²) in [5.74, 6) is 0.897. The van der Waals surface area contributed by atoms with Gasteiger partial charge in [0, 0.05) is 23.4 Å². The average Bonchev–Trinajstić information content (AvgIpc) is 2.89. The Bertz CT molecular complexity index is 803. The predicted octanol–water partition coefficient (Wildman–Crippen LogP) is 2.55. The van der Waals surface area contributed by atoms with Crippen molar-refractivity contribution < 1.29 is 0 Å². The van der Waals surface area contributed by atoms with Gasteiger partial charge in [0.1, 0.15) is 17.2 Å². The van der Waals surface area contributed by atoms with Crippen LogP contribution in [0.3, 0.4) is 0 Å². The molecule has 0 spiro atoms. The molecule has 0 aliphatic carbocycles. The van der Waals surface area contributed by atoms with Crippen LogP contribution in [0.4, 0.5) is 0 Å². The van der Waals surface area contributed by atoms with Crippen molar-refractivity contribution in [3.05, 3.63) is 35.4 Å². The molecule has 22 heavy (non-hydrogen) atoms. The topological polar surface area (TPSA) is 82.5 Å². The highest BCUT2D eigenvalue weighted by atomic mass is 35.5. The second-order valence-electron chi connectivity index (χ2n) is 4.62. The van der Waals surface area contributed by atoms with Gasteiger partial charge in [-0.05, 0) is 43.4 Å². The van der Waals surface area contributed by atoms with Gasteiger partial charge < -0.3 is 10.3 Å². The summed E-state index contributed by atoms with van der Waals surface area (Å²) < 4.78 is 2.06. The fraction of sp³-hybridized carbons (Fsp3) is 0.286. The first-order chi connectivity index (χ1) is 10.7. The van der Waals surface area contributed by atoms with Crippen LogP contribution in [0.1, 0.15) is 12.7 Å². The molecule has 0 unspecified atom stereocenters. The van der Waals surface area contributed by atoms with E-state index in [1.807, 2.05) is 18.2 Å². The Morgan fingerprint density at radius 2 is 2.14 bits per heavy atom. The Hall–Kier alpha value is -1.70. The summed E-state index contributed by atoms with van der Waals surface area (Å²) in [6.07, 6.45) is 2.25. The van der Waals surface area contributed by atoms with Crippen molar-refractivity contribution in [1.29, 1.82) is 0 Å². The van der Waals surface area contributed by atoms with Crippen molar-refractivity contribution >= 4 is 34.3 Å². The van der Waals surface area contributed by atoms with Gasteiger partial charge in [-0.3, -0.25) is 0 Å². The van der Waals surface area contributed by atoms with Gasteiger partial charge in [0.25, 0.3) is 0 Å². The van der Waals surface area contributed by atoms with Gasteiger partial charge in [-0.1, -0.05) is 11.6 Å². The third-order valence-electron chi connectivity index (χ3n) is 3.23. The van der Waals surface area contributed by atoms with Crippen molar-refractivity contribution in [2.24, 2.45) is 5.73 Å². The van der Waals surface area contributed by atoms with E-state index in [0.29, 0.717) is 18.0 Å². The Morgan fingerprint density at radius 3 is 2.91 bits per heavy atom. The van der Waals surface area contributed by atoms with E-state index in [4.69, 9.17) is 17.3 Å². The molecule has 2 heterocycles. The van der Waals surface area contributed by atoms with Crippen molar-refractivity contribution in [3.8, 4) is 0 Å². The zero-order chi connectivity index (χ0) is 15.5. The van der Waals surface area contributed by atoms with Crippen LogP contribution in [0, 0.1) is 0 Å². The number of hydrogen-bond acceptors (Lipinski definition) is 6. The lowest BCUT2D eigenvalue weighted by atomic mass is 10.2. The van der Waals surface area contributed by atoms with Crippen LogP contribution in [-0.2, 0) is 13.0 Å². The maximum Gasteiger partial charge on any atom is 0.197 e. The third-order valence-corrected chi connectivity index (χ3v) is 4.47. The summed E-state index contributed by atoms with van der Waals surface area (Å²) in [6, 6.07) is 5.59. The molecule has 0 atom stereocenters. The van der Waals surface area contributed by atoms with Crippen LogP contribution < -0.4 is 5.73 Å². The molecule has 3 aromatic rings. The van der Waals surface area contributed by atoms with Gasteiger partial charge in [-0.15, -0.1) is 10.2 Å². The molecule has 0 bridgehead atoms. The van der Waals surface area contributed by atoms with Gasteiger partial charge >= 0.3 is 0 Å². The molecule has 3 rings (SSSR count). The molecule has 0 amide bonds. The standard InChI is InChI=1S/C14H15ClN6S/c1-2-21-12(5-6-16)19-20-14(21)22-13-10-4-3-9(15)7-11(10)17-8-18-13/h3-4,7-8H,2,5-6,16H2,1H3. The summed E-state index contributed by atoms with van der Waals surface area (Å²) in [5.41, 5.74) is 6.43. The lowest BCUT2D eigenvalue weighted by molar-refractivity contribution is 0.640. The fourth-order valence-corrected chi connectivity index (χ4v) is 3.35. The Morgan fingerprint density at radius 1 is 1.27 bits per heavy atom. The maximum atomic E-state index is 6.01. The van der Waals surface area contributed by atoms with Crippen LogP contribution in [0.5, 0.6) is 0 Å². The summed E-state index contributed by atoms with van der Waals surface area (Å²) in [5, 5.41) is 11.7. The second-order valence-corrected chi connectivity index (χ2v) is 6.02. The molecule has 2 N–H and O–H groups in total. The largest absolute Gasteiger partial charge is 0.330 e. The van der Waals surface area contributed by atoms with Gasteiger partial charge in [-0.2, -0.15) is 0 Å². The molecule has 8 heteroatoms. The van der Waals surface area contributed by atoms with Gasteiger partial charge in [0.05, 0.1) is 5.52 Å². The van der Waals surface area contributed by atoms with Gasteiger partial charge in [0.2, 0.25) is 0 Å². The Balaban J connectivity index is 2.00. The smallest absolute Gasteiger partial charge is 0.197 e. The molecule has 0 radical (unpaired) electrons. The monoisotopic (exact) mass is 334 g/mol. The van der Waals surface area contributed by atoms with E-state index in [0.717, 1.165) is 33.5 Å².